The topological polar surface area (TPSA) is 61.0 Å². The monoisotopic (exact) mass is 274 g/mol. The minimum absolute atomic E-state index is 0.0550. The summed E-state index contributed by atoms with van der Waals surface area (Å²) >= 11 is 0. The van der Waals surface area contributed by atoms with Crippen molar-refractivity contribution < 1.29 is 4.79 Å². The maximum absolute atomic E-state index is 12.3. The number of urea groups is 1. The third kappa shape index (κ3) is 2.44. The molecule has 2 aliphatic rings. The highest BCUT2D eigenvalue weighted by Crippen LogP contribution is 2.32. The number of allylic oxidation sites excluding steroid dienone is 2. The van der Waals surface area contributed by atoms with Crippen molar-refractivity contribution >= 4 is 6.03 Å². The highest BCUT2D eigenvalue weighted by Gasteiger charge is 2.34. The van der Waals surface area contributed by atoms with Gasteiger partial charge in [-0.05, 0) is 38.5 Å². The second kappa shape index (κ2) is 5.31. The number of hydrogen-bond donors (Lipinski definition) is 2. The average Bonchev–Trinajstić information content (AvgIpc) is 3.01. The molecule has 1 saturated heterocycles. The quantitative estimate of drug-likeness (QED) is 0.812. The van der Waals surface area contributed by atoms with Gasteiger partial charge in [0.15, 0.2) is 0 Å². The third-order valence-corrected chi connectivity index (χ3v) is 4.61. The number of likely N-dealkylation sites (tertiary alicyclic amines) is 1. The van der Waals surface area contributed by atoms with E-state index in [1.165, 1.54) is 0 Å². The van der Waals surface area contributed by atoms with Gasteiger partial charge < -0.3 is 10.2 Å². The first-order valence-corrected chi connectivity index (χ1v) is 7.33. The lowest BCUT2D eigenvalue weighted by atomic mass is 9.86. The first-order valence-electron chi connectivity index (χ1n) is 7.33. The van der Waals surface area contributed by atoms with Crippen molar-refractivity contribution in [2.45, 2.75) is 33.2 Å². The zero-order chi connectivity index (χ0) is 14.1. The van der Waals surface area contributed by atoms with Crippen molar-refractivity contribution in [1.29, 1.82) is 0 Å². The molecule has 1 fully saturated rings. The summed E-state index contributed by atoms with van der Waals surface area (Å²) in [7, 11) is 0. The Kier molecular flexibility index (Phi) is 3.51. The zero-order valence-electron chi connectivity index (χ0n) is 12.1. The highest BCUT2D eigenvalue weighted by atomic mass is 16.2. The summed E-state index contributed by atoms with van der Waals surface area (Å²) in [5.41, 5.74) is 3.08. The second-order valence-electron chi connectivity index (χ2n) is 5.94. The molecular weight excluding hydrogens is 252 g/mol. The van der Waals surface area contributed by atoms with E-state index >= 15 is 0 Å². The van der Waals surface area contributed by atoms with Crippen LogP contribution in [0.5, 0.6) is 0 Å². The van der Waals surface area contributed by atoms with E-state index in [0.717, 1.165) is 42.9 Å². The molecule has 1 aromatic rings. The highest BCUT2D eigenvalue weighted by molar-refractivity contribution is 5.74. The van der Waals surface area contributed by atoms with Crippen LogP contribution in [-0.4, -0.2) is 34.2 Å². The van der Waals surface area contributed by atoms with E-state index in [4.69, 9.17) is 0 Å². The molecule has 2 heterocycles. The number of hydrogen-bond acceptors (Lipinski definition) is 2. The van der Waals surface area contributed by atoms with Crippen molar-refractivity contribution in [2.75, 3.05) is 13.1 Å². The van der Waals surface area contributed by atoms with Crippen LogP contribution in [0.4, 0.5) is 4.79 Å². The lowest BCUT2D eigenvalue weighted by molar-refractivity contribution is 0.206. The minimum Gasteiger partial charge on any atom is -0.334 e. The van der Waals surface area contributed by atoms with Gasteiger partial charge in [0.2, 0.25) is 0 Å². The fourth-order valence-electron chi connectivity index (χ4n) is 3.29. The summed E-state index contributed by atoms with van der Waals surface area (Å²) in [5, 5.41) is 10.1. The first kappa shape index (κ1) is 13.2. The summed E-state index contributed by atoms with van der Waals surface area (Å²) in [6.07, 6.45) is 6.74. The molecule has 2 N–H and O–H groups in total. The van der Waals surface area contributed by atoms with Crippen LogP contribution >= 0.6 is 0 Å². The summed E-state index contributed by atoms with van der Waals surface area (Å²) in [6, 6.07) is 0.0550. The fraction of sp³-hybridized carbons (Fsp3) is 0.600. The Bertz CT molecular complexity index is 498. The molecule has 5 nitrogen and oxygen atoms in total. The predicted molar refractivity (Wildman–Crippen MR) is 77.2 cm³/mol. The van der Waals surface area contributed by atoms with Gasteiger partial charge in [-0.2, -0.15) is 5.10 Å². The number of rotatable bonds is 2. The molecule has 0 bridgehead atoms. The Balaban J connectivity index is 1.56. The molecule has 2 atom stereocenters. The number of aryl methyl sites for hydroxylation is 2. The fourth-order valence-corrected chi connectivity index (χ4v) is 3.29. The van der Waals surface area contributed by atoms with Crippen molar-refractivity contribution in [3.05, 3.63) is 29.1 Å². The number of amides is 2. The van der Waals surface area contributed by atoms with Crippen LogP contribution in [0.25, 0.3) is 0 Å². The van der Waals surface area contributed by atoms with Crippen LogP contribution in [0, 0.1) is 25.7 Å². The van der Waals surface area contributed by atoms with Gasteiger partial charge in [-0.15, -0.1) is 0 Å². The number of fused-ring (bicyclic) bond motifs is 1. The molecule has 20 heavy (non-hydrogen) atoms. The number of aromatic amines is 1. The summed E-state index contributed by atoms with van der Waals surface area (Å²) < 4.78 is 0. The Morgan fingerprint density at radius 1 is 1.35 bits per heavy atom. The van der Waals surface area contributed by atoms with Gasteiger partial charge in [-0.25, -0.2) is 4.79 Å². The average molecular weight is 274 g/mol. The summed E-state index contributed by atoms with van der Waals surface area (Å²) in [6.45, 7) is 6.28. The zero-order valence-corrected chi connectivity index (χ0v) is 12.1. The molecular formula is C15H22N4O. The Hall–Kier alpha value is -1.78. The molecule has 1 aliphatic heterocycles. The van der Waals surface area contributed by atoms with E-state index in [2.05, 4.69) is 27.7 Å². The van der Waals surface area contributed by atoms with E-state index in [1.807, 2.05) is 18.7 Å². The van der Waals surface area contributed by atoms with Gasteiger partial charge in [-0.1, -0.05) is 12.2 Å². The van der Waals surface area contributed by atoms with E-state index in [-0.39, 0.29) is 6.03 Å². The number of aromatic nitrogens is 2. The number of carbonyl (C=O) groups is 1. The van der Waals surface area contributed by atoms with Crippen molar-refractivity contribution in [1.82, 2.24) is 20.4 Å². The van der Waals surface area contributed by atoms with Gasteiger partial charge >= 0.3 is 6.03 Å². The lowest BCUT2D eigenvalue weighted by Gasteiger charge is -2.17. The first-order chi connectivity index (χ1) is 9.65. The van der Waals surface area contributed by atoms with E-state index in [1.54, 1.807) is 0 Å². The summed E-state index contributed by atoms with van der Waals surface area (Å²) in [4.78, 5) is 14.2. The van der Waals surface area contributed by atoms with Crippen LogP contribution in [0.15, 0.2) is 12.2 Å². The summed E-state index contributed by atoms with van der Waals surface area (Å²) in [5.74, 6) is 1.31. The van der Waals surface area contributed by atoms with Crippen LogP contribution < -0.4 is 5.32 Å². The molecule has 0 saturated carbocycles. The smallest absolute Gasteiger partial charge is 0.317 e. The predicted octanol–water partition coefficient (Wildman–Crippen LogP) is 2.13. The molecule has 3 rings (SSSR count). The van der Waals surface area contributed by atoms with Crippen molar-refractivity contribution in [3.63, 3.8) is 0 Å². The maximum atomic E-state index is 12.3. The standard InChI is InChI=1S/C15H22N4O/c1-10-14(11(2)18-17-10)7-16-15(20)19-8-12-5-3-4-6-13(12)9-19/h3-4,12-13H,5-9H2,1-2H3,(H,16,20)(H,17,18)/t12-,13+. The second-order valence-corrected chi connectivity index (χ2v) is 5.94. The third-order valence-electron chi connectivity index (χ3n) is 4.61. The Morgan fingerprint density at radius 3 is 2.55 bits per heavy atom. The minimum atomic E-state index is 0.0550. The normalized spacial score (nSPS) is 24.8. The van der Waals surface area contributed by atoms with Gasteiger partial charge in [0.1, 0.15) is 0 Å². The van der Waals surface area contributed by atoms with Crippen LogP contribution in [0.2, 0.25) is 0 Å². The van der Waals surface area contributed by atoms with Crippen molar-refractivity contribution in [2.24, 2.45) is 11.8 Å². The number of nitrogens with zero attached hydrogens (tertiary/aromatic N) is 2. The number of H-pyrrole nitrogens is 1. The Labute approximate surface area is 119 Å². The molecule has 1 aromatic heterocycles. The van der Waals surface area contributed by atoms with Crippen LogP contribution in [-0.2, 0) is 6.54 Å². The molecule has 1 aliphatic carbocycles. The number of nitrogens with one attached hydrogen (secondary N) is 2. The van der Waals surface area contributed by atoms with E-state index < -0.39 is 0 Å². The van der Waals surface area contributed by atoms with Crippen molar-refractivity contribution in [3.8, 4) is 0 Å². The van der Waals surface area contributed by atoms with Gasteiger partial charge in [-0.3, -0.25) is 5.10 Å². The molecule has 0 spiro atoms. The molecule has 108 valence electrons. The SMILES string of the molecule is Cc1n[nH]c(C)c1CNC(=O)N1C[C@H]2CC=CC[C@H]2C1. The van der Waals surface area contributed by atoms with Gasteiger partial charge in [0.05, 0.1) is 5.69 Å². The lowest BCUT2D eigenvalue weighted by Crippen LogP contribution is -2.38. The van der Waals surface area contributed by atoms with Gasteiger partial charge in [0, 0.05) is 30.9 Å². The molecule has 0 radical (unpaired) electrons. The van der Waals surface area contributed by atoms with Gasteiger partial charge in [0.25, 0.3) is 0 Å². The molecule has 0 aromatic carbocycles. The molecule has 2 amide bonds. The largest absolute Gasteiger partial charge is 0.334 e. The van der Waals surface area contributed by atoms with E-state index in [0.29, 0.717) is 18.4 Å². The molecule has 5 heteroatoms. The van der Waals surface area contributed by atoms with Crippen LogP contribution in [0.3, 0.4) is 0 Å². The van der Waals surface area contributed by atoms with Crippen LogP contribution in [0.1, 0.15) is 29.8 Å². The maximum Gasteiger partial charge on any atom is 0.317 e. The van der Waals surface area contributed by atoms with E-state index in [9.17, 15) is 4.79 Å². The molecule has 0 unspecified atom stereocenters. The number of carbonyl (C=O) groups excluding carboxylic acids is 1. The Morgan fingerprint density at radius 2 is 2.00 bits per heavy atom.